The number of nitrogens with two attached hydrogens (primary N) is 1. The maximum absolute atomic E-state index is 12.6. The molecule has 7 nitrogen and oxygen atoms in total. The zero-order valence-electron chi connectivity index (χ0n) is 17.0. The highest BCUT2D eigenvalue weighted by molar-refractivity contribution is 5.85. The minimum Gasteiger partial charge on any atom is -0.377 e. The molecular formula is C21H32ClN5O2. The third kappa shape index (κ3) is 6.80. The zero-order valence-corrected chi connectivity index (χ0v) is 17.8. The lowest BCUT2D eigenvalue weighted by molar-refractivity contribution is -0.127. The lowest BCUT2D eigenvalue weighted by Gasteiger charge is -2.33. The van der Waals surface area contributed by atoms with Gasteiger partial charge in [-0.25, -0.2) is 0 Å². The smallest absolute Gasteiger partial charge is 0.223 e. The Morgan fingerprint density at radius 1 is 1.31 bits per heavy atom. The van der Waals surface area contributed by atoms with Gasteiger partial charge in [-0.05, 0) is 37.7 Å². The number of ether oxygens (including phenoxy) is 1. The molecule has 1 saturated carbocycles. The van der Waals surface area contributed by atoms with Gasteiger partial charge in [-0.2, -0.15) is 0 Å². The first-order valence-corrected chi connectivity index (χ1v) is 10.2. The topological polar surface area (TPSA) is 95.1 Å². The van der Waals surface area contributed by atoms with E-state index in [1.807, 2.05) is 22.8 Å². The number of hydrogen-bond donors (Lipinski definition) is 2. The first kappa shape index (κ1) is 23.3. The number of benzene rings is 1. The Balaban J connectivity index is 0.00000300. The molecule has 3 atom stereocenters. The molecule has 1 aromatic heterocycles. The van der Waals surface area contributed by atoms with Crippen molar-refractivity contribution < 1.29 is 9.53 Å². The van der Waals surface area contributed by atoms with Crippen molar-refractivity contribution in [1.82, 2.24) is 20.1 Å². The van der Waals surface area contributed by atoms with Crippen LogP contribution in [-0.2, 0) is 29.0 Å². The summed E-state index contributed by atoms with van der Waals surface area (Å²) in [7, 11) is 0. The highest BCUT2D eigenvalue weighted by Gasteiger charge is 2.32. The highest BCUT2D eigenvalue weighted by Crippen LogP contribution is 2.26. The summed E-state index contributed by atoms with van der Waals surface area (Å²) in [5, 5.41) is 11.2. The number of hydrogen-bond acceptors (Lipinski definition) is 5. The van der Waals surface area contributed by atoms with Gasteiger partial charge in [0.1, 0.15) is 6.33 Å². The third-order valence-electron chi connectivity index (χ3n) is 5.34. The maximum Gasteiger partial charge on any atom is 0.223 e. The van der Waals surface area contributed by atoms with Crippen LogP contribution in [0.2, 0.25) is 0 Å². The molecule has 160 valence electrons. The summed E-state index contributed by atoms with van der Waals surface area (Å²) in [6, 6.07) is 10.2. The van der Waals surface area contributed by atoms with E-state index in [9.17, 15) is 4.79 Å². The van der Waals surface area contributed by atoms with Crippen molar-refractivity contribution >= 4 is 18.3 Å². The standard InChI is InChI=1S/C21H31N5O2.ClH/c1-2-12-28-19-9-8-17(13-18(19)22)21(27)23-14-20-25-24-15-26(20)11-10-16-6-4-3-5-7-16;/h3-7,15,17-19H,2,8-14,22H2,1H3,(H,23,27);1H/t17-,18+,19+;/m0./s1. The fourth-order valence-electron chi connectivity index (χ4n) is 3.70. The summed E-state index contributed by atoms with van der Waals surface area (Å²) >= 11 is 0. The molecule has 1 heterocycles. The monoisotopic (exact) mass is 421 g/mol. The normalized spacial score (nSPS) is 21.4. The average Bonchev–Trinajstić information content (AvgIpc) is 3.17. The van der Waals surface area contributed by atoms with Crippen LogP contribution in [0.15, 0.2) is 36.7 Å². The molecule has 0 bridgehead atoms. The van der Waals surface area contributed by atoms with Crippen LogP contribution < -0.4 is 11.1 Å². The summed E-state index contributed by atoms with van der Waals surface area (Å²) in [4.78, 5) is 12.6. The van der Waals surface area contributed by atoms with Crippen molar-refractivity contribution in [3.8, 4) is 0 Å². The summed E-state index contributed by atoms with van der Waals surface area (Å²) in [6.07, 6.45) is 6.00. The van der Waals surface area contributed by atoms with Crippen molar-refractivity contribution in [1.29, 1.82) is 0 Å². The van der Waals surface area contributed by atoms with E-state index in [0.717, 1.165) is 44.7 Å². The first-order chi connectivity index (χ1) is 13.7. The van der Waals surface area contributed by atoms with Gasteiger partial charge in [0.25, 0.3) is 0 Å². The van der Waals surface area contributed by atoms with Gasteiger partial charge in [-0.3, -0.25) is 4.79 Å². The van der Waals surface area contributed by atoms with Gasteiger partial charge in [0.05, 0.1) is 12.6 Å². The first-order valence-electron chi connectivity index (χ1n) is 10.2. The van der Waals surface area contributed by atoms with Crippen LogP contribution in [0, 0.1) is 5.92 Å². The Bertz CT molecular complexity index is 740. The average molecular weight is 422 g/mol. The van der Waals surface area contributed by atoms with Gasteiger partial charge in [-0.1, -0.05) is 37.3 Å². The molecule has 3 rings (SSSR count). The molecule has 3 N–H and O–H groups in total. The van der Waals surface area contributed by atoms with Crippen LogP contribution in [0.4, 0.5) is 0 Å². The van der Waals surface area contributed by atoms with Gasteiger partial charge in [0.15, 0.2) is 5.82 Å². The van der Waals surface area contributed by atoms with Gasteiger partial charge in [0.2, 0.25) is 5.91 Å². The second-order valence-corrected chi connectivity index (χ2v) is 7.48. The number of halogens is 1. The Morgan fingerprint density at radius 3 is 2.83 bits per heavy atom. The van der Waals surface area contributed by atoms with E-state index >= 15 is 0 Å². The summed E-state index contributed by atoms with van der Waals surface area (Å²) in [5.74, 6) is 0.757. The molecule has 1 aliphatic rings. The van der Waals surface area contributed by atoms with Gasteiger partial charge in [0, 0.05) is 25.1 Å². The molecule has 0 spiro atoms. The Morgan fingerprint density at radius 2 is 2.10 bits per heavy atom. The molecule has 0 saturated heterocycles. The van der Waals surface area contributed by atoms with Crippen LogP contribution in [-0.4, -0.2) is 39.4 Å². The van der Waals surface area contributed by atoms with Crippen LogP contribution in [0.1, 0.15) is 44.0 Å². The van der Waals surface area contributed by atoms with E-state index in [2.05, 4.69) is 34.6 Å². The lowest BCUT2D eigenvalue weighted by Crippen LogP contribution is -2.46. The predicted molar refractivity (Wildman–Crippen MR) is 115 cm³/mol. The minimum absolute atomic E-state index is 0. The summed E-state index contributed by atoms with van der Waals surface area (Å²) in [5.41, 5.74) is 7.49. The molecule has 1 aromatic carbocycles. The van der Waals surface area contributed by atoms with E-state index in [1.54, 1.807) is 6.33 Å². The number of carbonyl (C=O) groups excluding carboxylic acids is 1. The fourth-order valence-corrected chi connectivity index (χ4v) is 3.70. The minimum atomic E-state index is -0.0782. The molecule has 1 fully saturated rings. The maximum atomic E-state index is 12.6. The van der Waals surface area contributed by atoms with Gasteiger partial charge in [-0.15, -0.1) is 22.6 Å². The number of nitrogens with zero attached hydrogens (tertiary/aromatic N) is 3. The Labute approximate surface area is 178 Å². The SMILES string of the molecule is CCCO[C@@H]1CC[C@H](C(=O)NCc2nncn2CCc2ccccc2)C[C@H]1N.Cl. The van der Waals surface area contributed by atoms with Crippen molar-refractivity contribution in [2.24, 2.45) is 11.7 Å². The lowest BCUT2D eigenvalue weighted by atomic mass is 9.83. The molecule has 0 unspecified atom stereocenters. The number of rotatable bonds is 9. The number of nitrogens with one attached hydrogen (secondary N) is 1. The summed E-state index contributed by atoms with van der Waals surface area (Å²) in [6.45, 7) is 3.99. The van der Waals surface area contributed by atoms with Gasteiger partial charge < -0.3 is 20.4 Å². The second kappa shape index (κ2) is 11.9. The number of carbonyl (C=O) groups is 1. The molecular weight excluding hydrogens is 390 g/mol. The second-order valence-electron chi connectivity index (χ2n) is 7.48. The van der Waals surface area contributed by atoms with E-state index in [0.29, 0.717) is 13.0 Å². The zero-order chi connectivity index (χ0) is 19.8. The van der Waals surface area contributed by atoms with Crippen LogP contribution in [0.3, 0.4) is 0 Å². The van der Waals surface area contributed by atoms with E-state index in [4.69, 9.17) is 10.5 Å². The van der Waals surface area contributed by atoms with Gasteiger partial charge >= 0.3 is 0 Å². The van der Waals surface area contributed by atoms with E-state index in [1.165, 1.54) is 5.56 Å². The molecule has 2 aromatic rings. The number of aromatic nitrogens is 3. The van der Waals surface area contributed by atoms with Crippen molar-refractivity contribution in [2.45, 2.75) is 64.3 Å². The highest BCUT2D eigenvalue weighted by atomic mass is 35.5. The molecule has 1 amide bonds. The van der Waals surface area contributed by atoms with Crippen molar-refractivity contribution in [3.63, 3.8) is 0 Å². The molecule has 29 heavy (non-hydrogen) atoms. The van der Waals surface area contributed by atoms with Crippen molar-refractivity contribution in [2.75, 3.05) is 6.61 Å². The van der Waals surface area contributed by atoms with E-state index in [-0.39, 0.29) is 36.4 Å². The molecule has 0 aliphatic heterocycles. The van der Waals surface area contributed by atoms with Crippen molar-refractivity contribution in [3.05, 3.63) is 48.0 Å². The van der Waals surface area contributed by atoms with Crippen LogP contribution in [0.5, 0.6) is 0 Å². The molecule has 8 heteroatoms. The number of aryl methyl sites for hydroxylation is 2. The Kier molecular flexibility index (Phi) is 9.57. The molecule has 1 aliphatic carbocycles. The van der Waals surface area contributed by atoms with Crippen LogP contribution in [0.25, 0.3) is 0 Å². The molecule has 0 radical (unpaired) electrons. The fraction of sp³-hybridized carbons (Fsp3) is 0.571. The number of amides is 1. The quantitative estimate of drug-likeness (QED) is 0.648. The van der Waals surface area contributed by atoms with E-state index < -0.39 is 0 Å². The summed E-state index contributed by atoms with van der Waals surface area (Å²) < 4.78 is 7.79. The third-order valence-corrected chi connectivity index (χ3v) is 5.34. The predicted octanol–water partition coefficient (Wildman–Crippen LogP) is 2.48. The Hall–Kier alpha value is -1.96. The largest absolute Gasteiger partial charge is 0.377 e. The van der Waals surface area contributed by atoms with Crippen LogP contribution >= 0.6 is 12.4 Å².